The standard InChI is InChI=1S/C15H22N2O3S/c1-9-7-11(13(19)14(20)12(9)18)17-15(21)16-8-10-5-3-2-4-6-10/h2-6,9,11-14,18-20H,7-8H2,1H3,(H2,16,17,21)/t9-,11-,12-,13-,14-/m1/s1. The van der Waals surface area contributed by atoms with Gasteiger partial charge in [0.15, 0.2) is 5.11 Å². The Labute approximate surface area is 130 Å². The summed E-state index contributed by atoms with van der Waals surface area (Å²) in [4.78, 5) is 0. The van der Waals surface area contributed by atoms with Crippen molar-refractivity contribution in [3.05, 3.63) is 35.9 Å². The summed E-state index contributed by atoms with van der Waals surface area (Å²) in [7, 11) is 0. The van der Waals surface area contributed by atoms with Crippen molar-refractivity contribution < 1.29 is 15.3 Å². The summed E-state index contributed by atoms with van der Waals surface area (Å²) in [6, 6.07) is 9.48. The molecule has 6 heteroatoms. The maximum atomic E-state index is 10.00. The second-order valence-electron chi connectivity index (χ2n) is 5.60. The molecule has 0 radical (unpaired) electrons. The molecule has 1 aromatic rings. The summed E-state index contributed by atoms with van der Waals surface area (Å²) in [5.41, 5.74) is 1.11. The first-order valence-electron chi connectivity index (χ1n) is 7.11. The fourth-order valence-electron chi connectivity index (χ4n) is 2.60. The lowest BCUT2D eigenvalue weighted by atomic mass is 9.80. The molecule has 5 nitrogen and oxygen atoms in total. The number of rotatable bonds is 3. The Morgan fingerprint density at radius 1 is 1.14 bits per heavy atom. The molecule has 0 spiro atoms. The molecule has 0 saturated heterocycles. The number of hydrogen-bond donors (Lipinski definition) is 5. The summed E-state index contributed by atoms with van der Waals surface area (Å²) >= 11 is 5.22. The molecule has 116 valence electrons. The van der Waals surface area contributed by atoms with Gasteiger partial charge in [0.2, 0.25) is 0 Å². The van der Waals surface area contributed by atoms with Crippen LogP contribution in [0.15, 0.2) is 30.3 Å². The van der Waals surface area contributed by atoms with Crippen molar-refractivity contribution in [3.63, 3.8) is 0 Å². The molecule has 0 unspecified atom stereocenters. The van der Waals surface area contributed by atoms with Crippen molar-refractivity contribution >= 4 is 17.3 Å². The van der Waals surface area contributed by atoms with E-state index in [2.05, 4.69) is 10.6 Å². The third kappa shape index (κ3) is 4.14. The first-order chi connectivity index (χ1) is 9.99. The summed E-state index contributed by atoms with van der Waals surface area (Å²) in [5, 5.41) is 36.1. The van der Waals surface area contributed by atoms with Crippen molar-refractivity contribution in [1.82, 2.24) is 10.6 Å². The molecular weight excluding hydrogens is 288 g/mol. The van der Waals surface area contributed by atoms with E-state index in [1.54, 1.807) is 0 Å². The van der Waals surface area contributed by atoms with Crippen LogP contribution in [0, 0.1) is 5.92 Å². The van der Waals surface area contributed by atoms with Crippen molar-refractivity contribution in [3.8, 4) is 0 Å². The molecule has 1 aliphatic rings. The van der Waals surface area contributed by atoms with Crippen LogP contribution in [0.25, 0.3) is 0 Å². The molecule has 0 aliphatic heterocycles. The predicted molar refractivity (Wildman–Crippen MR) is 84.6 cm³/mol. The van der Waals surface area contributed by atoms with Crippen molar-refractivity contribution in [2.75, 3.05) is 0 Å². The summed E-state index contributed by atoms with van der Waals surface area (Å²) < 4.78 is 0. The molecule has 2 rings (SSSR count). The van der Waals surface area contributed by atoms with Crippen LogP contribution in [-0.2, 0) is 6.54 Å². The zero-order chi connectivity index (χ0) is 15.4. The lowest BCUT2D eigenvalue weighted by molar-refractivity contribution is -0.117. The van der Waals surface area contributed by atoms with Crippen molar-refractivity contribution in [2.24, 2.45) is 5.92 Å². The van der Waals surface area contributed by atoms with Crippen LogP contribution in [0.3, 0.4) is 0 Å². The van der Waals surface area contributed by atoms with Crippen molar-refractivity contribution in [1.29, 1.82) is 0 Å². The molecule has 21 heavy (non-hydrogen) atoms. The SMILES string of the molecule is C[C@@H]1C[C@@H](NC(=S)NCc2ccccc2)[C@@H](O)[C@H](O)[C@@H]1O. The maximum Gasteiger partial charge on any atom is 0.166 e. The van der Waals surface area contributed by atoms with Gasteiger partial charge in [-0.25, -0.2) is 0 Å². The highest BCUT2D eigenvalue weighted by atomic mass is 32.1. The third-order valence-electron chi connectivity index (χ3n) is 3.93. The molecular formula is C15H22N2O3S. The first kappa shape index (κ1) is 16.2. The van der Waals surface area contributed by atoms with E-state index in [0.29, 0.717) is 18.1 Å². The Hall–Kier alpha value is -1.21. The fraction of sp³-hybridized carbons (Fsp3) is 0.533. The third-order valence-corrected chi connectivity index (χ3v) is 4.20. The quantitative estimate of drug-likeness (QED) is 0.511. The molecule has 1 fully saturated rings. The first-order valence-corrected chi connectivity index (χ1v) is 7.52. The van der Waals surface area contributed by atoms with Crippen LogP contribution >= 0.6 is 12.2 Å². The Bertz CT molecular complexity index is 471. The Kier molecular flexibility index (Phi) is 5.52. The number of aliphatic hydroxyl groups excluding tert-OH is 3. The van der Waals surface area contributed by atoms with E-state index in [1.807, 2.05) is 37.3 Å². The highest BCUT2D eigenvalue weighted by Crippen LogP contribution is 2.25. The van der Waals surface area contributed by atoms with Gasteiger partial charge in [-0.1, -0.05) is 37.3 Å². The highest BCUT2D eigenvalue weighted by Gasteiger charge is 2.40. The number of aliphatic hydroxyl groups is 3. The molecule has 0 bridgehead atoms. The predicted octanol–water partition coefficient (Wildman–Crippen LogP) is 0.142. The van der Waals surface area contributed by atoms with E-state index in [4.69, 9.17) is 12.2 Å². The minimum atomic E-state index is -1.15. The monoisotopic (exact) mass is 310 g/mol. The van der Waals surface area contributed by atoms with E-state index in [0.717, 1.165) is 5.56 Å². The number of hydrogen-bond acceptors (Lipinski definition) is 4. The number of nitrogens with one attached hydrogen (secondary N) is 2. The molecule has 1 aliphatic carbocycles. The van der Waals surface area contributed by atoms with Gasteiger partial charge in [0.25, 0.3) is 0 Å². The molecule has 5 atom stereocenters. The normalized spacial score (nSPS) is 32.5. The minimum absolute atomic E-state index is 0.0992. The average molecular weight is 310 g/mol. The highest BCUT2D eigenvalue weighted by molar-refractivity contribution is 7.80. The average Bonchev–Trinajstić information content (AvgIpc) is 2.49. The molecule has 1 saturated carbocycles. The number of benzene rings is 1. The van der Waals surface area contributed by atoms with Gasteiger partial charge in [-0.2, -0.15) is 0 Å². The van der Waals surface area contributed by atoms with E-state index in [9.17, 15) is 15.3 Å². The Balaban J connectivity index is 1.84. The summed E-state index contributed by atoms with van der Waals surface area (Å²) in [5.74, 6) is -0.0992. The molecule has 1 aromatic carbocycles. The van der Waals surface area contributed by atoms with Gasteiger partial charge in [0.1, 0.15) is 12.2 Å². The van der Waals surface area contributed by atoms with Crippen LogP contribution in [-0.4, -0.2) is 44.8 Å². The van der Waals surface area contributed by atoms with Gasteiger partial charge in [-0.3, -0.25) is 0 Å². The summed E-state index contributed by atoms with van der Waals surface area (Å²) in [6.45, 7) is 2.44. The lowest BCUT2D eigenvalue weighted by Gasteiger charge is -2.39. The van der Waals surface area contributed by atoms with Crippen LogP contribution < -0.4 is 10.6 Å². The lowest BCUT2D eigenvalue weighted by Crippen LogP contribution is -2.59. The zero-order valence-electron chi connectivity index (χ0n) is 11.9. The topological polar surface area (TPSA) is 84.8 Å². The fourth-order valence-corrected chi connectivity index (χ4v) is 2.82. The van der Waals surface area contributed by atoms with Crippen LogP contribution in [0.2, 0.25) is 0 Å². The molecule has 0 amide bonds. The Morgan fingerprint density at radius 3 is 2.48 bits per heavy atom. The maximum absolute atomic E-state index is 10.00. The van der Waals surface area contributed by atoms with E-state index in [1.165, 1.54) is 0 Å². The van der Waals surface area contributed by atoms with Gasteiger partial charge in [-0.05, 0) is 30.1 Å². The van der Waals surface area contributed by atoms with Crippen molar-refractivity contribution in [2.45, 2.75) is 44.2 Å². The largest absolute Gasteiger partial charge is 0.390 e. The van der Waals surface area contributed by atoms with Gasteiger partial charge in [-0.15, -0.1) is 0 Å². The molecule has 0 heterocycles. The second kappa shape index (κ2) is 7.17. The van der Waals surface area contributed by atoms with Crippen LogP contribution in [0.4, 0.5) is 0 Å². The number of thiocarbonyl (C=S) groups is 1. The van der Waals surface area contributed by atoms with Gasteiger partial charge < -0.3 is 26.0 Å². The minimum Gasteiger partial charge on any atom is -0.390 e. The Morgan fingerprint density at radius 2 is 1.81 bits per heavy atom. The van der Waals surface area contributed by atoms with E-state index < -0.39 is 18.3 Å². The zero-order valence-corrected chi connectivity index (χ0v) is 12.8. The van der Waals surface area contributed by atoms with Gasteiger partial charge >= 0.3 is 0 Å². The van der Waals surface area contributed by atoms with E-state index in [-0.39, 0.29) is 12.0 Å². The second-order valence-corrected chi connectivity index (χ2v) is 6.01. The van der Waals surface area contributed by atoms with Crippen LogP contribution in [0.5, 0.6) is 0 Å². The molecule has 5 N–H and O–H groups in total. The van der Waals surface area contributed by atoms with Gasteiger partial charge in [0, 0.05) is 6.54 Å². The van der Waals surface area contributed by atoms with Crippen LogP contribution in [0.1, 0.15) is 18.9 Å². The molecule has 0 aromatic heterocycles. The van der Waals surface area contributed by atoms with Gasteiger partial charge in [0.05, 0.1) is 12.1 Å². The summed E-state index contributed by atoms with van der Waals surface area (Å²) in [6.07, 6.45) is -2.54. The smallest absolute Gasteiger partial charge is 0.166 e. The van der Waals surface area contributed by atoms with E-state index >= 15 is 0 Å².